The third kappa shape index (κ3) is 13.3. The number of aliphatic hydroxyl groups is 2. The standard InChI is InChI=1S/C24H42O6/c1-2-3-4-5-6-10-13-24(26,23-11-8-7-9-12-23)22-30-21-20-29-19-18-28-17-16-27-15-14-25/h7-9,11-12,25-26H,2-6,10,13-22H2,1H3. The van der Waals surface area contributed by atoms with Crippen molar-refractivity contribution in [1.82, 2.24) is 0 Å². The largest absolute Gasteiger partial charge is 0.394 e. The minimum atomic E-state index is -0.955. The van der Waals surface area contributed by atoms with E-state index in [9.17, 15) is 5.11 Å². The van der Waals surface area contributed by atoms with Crippen molar-refractivity contribution in [3.63, 3.8) is 0 Å². The summed E-state index contributed by atoms with van der Waals surface area (Å²) in [5, 5.41) is 19.8. The van der Waals surface area contributed by atoms with Crippen molar-refractivity contribution >= 4 is 0 Å². The molecule has 0 heterocycles. The van der Waals surface area contributed by atoms with E-state index in [0.717, 1.165) is 18.4 Å². The molecule has 30 heavy (non-hydrogen) atoms. The van der Waals surface area contributed by atoms with Crippen LogP contribution < -0.4 is 0 Å². The van der Waals surface area contributed by atoms with Gasteiger partial charge >= 0.3 is 0 Å². The van der Waals surface area contributed by atoms with Crippen molar-refractivity contribution in [1.29, 1.82) is 0 Å². The van der Waals surface area contributed by atoms with Gasteiger partial charge in [-0.25, -0.2) is 0 Å². The second-order valence-corrected chi connectivity index (χ2v) is 7.53. The van der Waals surface area contributed by atoms with Gasteiger partial charge in [-0.05, 0) is 12.0 Å². The van der Waals surface area contributed by atoms with Crippen LogP contribution >= 0.6 is 0 Å². The predicted octanol–water partition coefficient (Wildman–Crippen LogP) is 3.68. The average Bonchev–Trinajstić information content (AvgIpc) is 2.77. The molecule has 0 saturated carbocycles. The van der Waals surface area contributed by atoms with Crippen LogP contribution in [-0.4, -0.2) is 69.7 Å². The lowest BCUT2D eigenvalue weighted by atomic mass is 9.89. The highest BCUT2D eigenvalue weighted by atomic mass is 16.6. The molecule has 6 heteroatoms. The van der Waals surface area contributed by atoms with Crippen molar-refractivity contribution in [3.8, 4) is 0 Å². The summed E-state index contributed by atoms with van der Waals surface area (Å²) in [6.07, 6.45) is 7.87. The van der Waals surface area contributed by atoms with E-state index in [2.05, 4.69) is 6.92 Å². The first-order valence-electron chi connectivity index (χ1n) is 11.4. The average molecular weight is 427 g/mol. The molecule has 2 N–H and O–H groups in total. The van der Waals surface area contributed by atoms with Crippen LogP contribution in [0.25, 0.3) is 0 Å². The fraction of sp³-hybridized carbons (Fsp3) is 0.750. The van der Waals surface area contributed by atoms with E-state index < -0.39 is 5.60 Å². The zero-order chi connectivity index (χ0) is 21.8. The molecule has 1 aromatic rings. The summed E-state index contributed by atoms with van der Waals surface area (Å²) in [4.78, 5) is 0. The molecule has 0 spiro atoms. The van der Waals surface area contributed by atoms with Crippen LogP contribution in [0.5, 0.6) is 0 Å². The van der Waals surface area contributed by atoms with Gasteiger partial charge < -0.3 is 29.2 Å². The van der Waals surface area contributed by atoms with E-state index in [1.165, 1.54) is 25.7 Å². The number of ether oxygens (including phenoxy) is 4. The number of rotatable bonds is 21. The molecule has 0 aliphatic rings. The van der Waals surface area contributed by atoms with Crippen molar-refractivity contribution in [2.24, 2.45) is 0 Å². The SMILES string of the molecule is CCCCCCCCC(O)(COCCOCCOCCOCCO)c1ccccc1. The van der Waals surface area contributed by atoms with E-state index in [1.807, 2.05) is 30.3 Å². The molecule has 0 aliphatic heterocycles. The van der Waals surface area contributed by atoms with Crippen molar-refractivity contribution in [2.45, 2.75) is 57.5 Å². The zero-order valence-electron chi connectivity index (χ0n) is 18.7. The smallest absolute Gasteiger partial charge is 0.113 e. The molecular weight excluding hydrogens is 384 g/mol. The first kappa shape index (κ1) is 27.0. The van der Waals surface area contributed by atoms with Crippen LogP contribution in [0, 0.1) is 0 Å². The normalized spacial score (nSPS) is 13.4. The molecule has 0 aliphatic carbocycles. The molecule has 0 saturated heterocycles. The molecule has 1 atom stereocenters. The number of unbranched alkanes of at least 4 members (excludes halogenated alkanes) is 5. The molecular formula is C24H42O6. The van der Waals surface area contributed by atoms with Crippen LogP contribution in [0.3, 0.4) is 0 Å². The maximum atomic E-state index is 11.2. The number of hydrogen-bond acceptors (Lipinski definition) is 6. The van der Waals surface area contributed by atoms with E-state index in [0.29, 0.717) is 52.7 Å². The fourth-order valence-electron chi connectivity index (χ4n) is 3.21. The highest BCUT2D eigenvalue weighted by Crippen LogP contribution is 2.28. The second kappa shape index (κ2) is 18.7. The highest BCUT2D eigenvalue weighted by molar-refractivity contribution is 5.22. The maximum Gasteiger partial charge on any atom is 0.113 e. The lowest BCUT2D eigenvalue weighted by Crippen LogP contribution is -2.32. The molecule has 1 rings (SSSR count). The predicted molar refractivity (Wildman–Crippen MR) is 119 cm³/mol. The van der Waals surface area contributed by atoms with Crippen LogP contribution in [-0.2, 0) is 24.5 Å². The molecule has 0 fully saturated rings. The third-order valence-corrected chi connectivity index (χ3v) is 4.95. The Morgan fingerprint density at radius 1 is 0.700 bits per heavy atom. The van der Waals surface area contributed by atoms with Crippen molar-refractivity contribution in [3.05, 3.63) is 35.9 Å². The molecule has 0 amide bonds. The van der Waals surface area contributed by atoms with Gasteiger partial charge in [-0.3, -0.25) is 0 Å². The number of aliphatic hydroxyl groups excluding tert-OH is 1. The van der Waals surface area contributed by atoms with Gasteiger partial charge in [0, 0.05) is 0 Å². The van der Waals surface area contributed by atoms with Gasteiger partial charge in [0.25, 0.3) is 0 Å². The summed E-state index contributed by atoms with van der Waals surface area (Å²) >= 11 is 0. The van der Waals surface area contributed by atoms with E-state index in [-0.39, 0.29) is 13.2 Å². The van der Waals surface area contributed by atoms with Gasteiger partial charge in [-0.2, -0.15) is 0 Å². The van der Waals surface area contributed by atoms with E-state index in [4.69, 9.17) is 24.1 Å². The maximum absolute atomic E-state index is 11.2. The molecule has 0 bridgehead atoms. The van der Waals surface area contributed by atoms with Crippen LogP contribution in [0.1, 0.15) is 57.4 Å². The van der Waals surface area contributed by atoms with Crippen molar-refractivity contribution < 1.29 is 29.2 Å². The summed E-state index contributed by atoms with van der Waals surface area (Å²) in [5.74, 6) is 0. The van der Waals surface area contributed by atoms with Gasteiger partial charge in [0.05, 0.1) is 59.5 Å². The van der Waals surface area contributed by atoms with E-state index in [1.54, 1.807) is 0 Å². The van der Waals surface area contributed by atoms with Gasteiger partial charge in [-0.1, -0.05) is 75.8 Å². The van der Waals surface area contributed by atoms with Crippen LogP contribution in [0.15, 0.2) is 30.3 Å². The Balaban J connectivity index is 2.19. The van der Waals surface area contributed by atoms with Gasteiger partial charge in [0.15, 0.2) is 0 Å². The third-order valence-electron chi connectivity index (χ3n) is 4.95. The Labute approximate surface area is 182 Å². The molecule has 0 radical (unpaired) electrons. The van der Waals surface area contributed by atoms with E-state index >= 15 is 0 Å². The summed E-state index contributed by atoms with van der Waals surface area (Å²) in [5.41, 5.74) is -0.0414. The number of hydrogen-bond donors (Lipinski definition) is 2. The quantitative estimate of drug-likeness (QED) is 0.292. The summed E-state index contributed by atoms with van der Waals surface area (Å²) < 4.78 is 21.7. The summed E-state index contributed by atoms with van der Waals surface area (Å²) in [7, 11) is 0. The van der Waals surface area contributed by atoms with Gasteiger partial charge in [0.2, 0.25) is 0 Å². The summed E-state index contributed by atoms with van der Waals surface area (Å²) in [6, 6.07) is 9.82. The monoisotopic (exact) mass is 426 g/mol. The summed E-state index contributed by atoms with van der Waals surface area (Å²) in [6.45, 7) is 5.71. The zero-order valence-corrected chi connectivity index (χ0v) is 18.7. The molecule has 174 valence electrons. The minimum absolute atomic E-state index is 0.0292. The number of benzene rings is 1. The van der Waals surface area contributed by atoms with Gasteiger partial charge in [0.1, 0.15) is 5.60 Å². The molecule has 6 nitrogen and oxygen atoms in total. The van der Waals surface area contributed by atoms with Crippen LogP contribution in [0.2, 0.25) is 0 Å². The first-order valence-corrected chi connectivity index (χ1v) is 11.4. The minimum Gasteiger partial charge on any atom is -0.394 e. The Morgan fingerprint density at radius 2 is 1.23 bits per heavy atom. The first-order chi connectivity index (χ1) is 14.7. The molecule has 1 aromatic carbocycles. The van der Waals surface area contributed by atoms with Gasteiger partial charge in [-0.15, -0.1) is 0 Å². The molecule has 0 aromatic heterocycles. The Bertz CT molecular complexity index is 484. The topological polar surface area (TPSA) is 77.4 Å². The lowest BCUT2D eigenvalue weighted by Gasteiger charge is -2.29. The molecule has 1 unspecified atom stereocenters. The highest BCUT2D eigenvalue weighted by Gasteiger charge is 2.28. The van der Waals surface area contributed by atoms with Crippen LogP contribution in [0.4, 0.5) is 0 Å². The Morgan fingerprint density at radius 3 is 1.83 bits per heavy atom. The Kier molecular flexibility index (Phi) is 16.9. The fourth-order valence-corrected chi connectivity index (χ4v) is 3.21. The lowest BCUT2D eigenvalue weighted by molar-refractivity contribution is -0.0714. The van der Waals surface area contributed by atoms with Crippen molar-refractivity contribution in [2.75, 3.05) is 59.5 Å². The second-order valence-electron chi connectivity index (χ2n) is 7.53. The Hall–Kier alpha value is -1.02.